The van der Waals surface area contributed by atoms with Gasteiger partial charge in [0.1, 0.15) is 6.54 Å². The summed E-state index contributed by atoms with van der Waals surface area (Å²) in [5.41, 5.74) is 1.17. The zero-order valence-corrected chi connectivity index (χ0v) is 19.6. The SMILES string of the molecule is Cl.Cl.O=C1CN(c2ccc(C(=O)NC[C@H]3[C@@H]4CNC[C@@H](C4)[C@@H]4CCCCN43)cc2)C(=O)N1. The highest BCUT2D eigenvalue weighted by molar-refractivity contribution is 6.12. The van der Waals surface area contributed by atoms with E-state index in [2.05, 4.69) is 20.9 Å². The van der Waals surface area contributed by atoms with Crippen molar-refractivity contribution < 1.29 is 14.4 Å². The maximum Gasteiger partial charge on any atom is 0.329 e. The number of benzene rings is 1. The summed E-state index contributed by atoms with van der Waals surface area (Å²) in [6, 6.07) is 7.46. The van der Waals surface area contributed by atoms with Gasteiger partial charge < -0.3 is 10.6 Å². The standard InChI is InChI=1S/C22H29N5O3.2ClH/c28-20-13-27(22(30)25-20)17-6-4-14(5-7-17)21(29)24-12-19-16-9-15(10-23-11-16)18-3-1-2-8-26(18)19;;/h4-7,15-16,18-19,23H,1-3,8-13H2,(H,24,29)(H,25,28,30);2*1H/t15-,16+,18+,19+;;/m1../s1. The van der Waals surface area contributed by atoms with E-state index in [1.807, 2.05) is 0 Å². The van der Waals surface area contributed by atoms with Crippen molar-refractivity contribution in [2.45, 2.75) is 37.8 Å². The highest BCUT2D eigenvalue weighted by Gasteiger charge is 2.45. The highest BCUT2D eigenvalue weighted by atomic mass is 35.5. The molecule has 2 bridgehead atoms. The molecule has 0 aromatic heterocycles. The number of rotatable bonds is 4. The molecule has 10 heteroatoms. The third-order valence-corrected chi connectivity index (χ3v) is 7.23. The molecule has 5 rings (SSSR count). The van der Waals surface area contributed by atoms with Gasteiger partial charge in [0.2, 0.25) is 5.91 Å². The van der Waals surface area contributed by atoms with Gasteiger partial charge in [-0.05, 0) is 75.0 Å². The van der Waals surface area contributed by atoms with E-state index in [0.717, 1.165) is 25.6 Å². The molecule has 1 aromatic carbocycles. The zero-order chi connectivity index (χ0) is 20.7. The van der Waals surface area contributed by atoms with Crippen LogP contribution in [-0.2, 0) is 4.79 Å². The van der Waals surface area contributed by atoms with Crippen molar-refractivity contribution >= 4 is 48.3 Å². The monoisotopic (exact) mass is 483 g/mol. The van der Waals surface area contributed by atoms with E-state index in [0.29, 0.717) is 35.8 Å². The van der Waals surface area contributed by atoms with Gasteiger partial charge in [-0.25, -0.2) is 4.79 Å². The Hall–Kier alpha value is -1.87. The molecule has 4 aliphatic heterocycles. The Morgan fingerprint density at radius 1 is 1.06 bits per heavy atom. The minimum atomic E-state index is -0.426. The van der Waals surface area contributed by atoms with E-state index in [9.17, 15) is 14.4 Å². The van der Waals surface area contributed by atoms with Crippen LogP contribution in [0.3, 0.4) is 0 Å². The first-order valence-electron chi connectivity index (χ1n) is 11.1. The quantitative estimate of drug-likeness (QED) is 0.567. The van der Waals surface area contributed by atoms with E-state index in [1.54, 1.807) is 24.3 Å². The predicted molar refractivity (Wildman–Crippen MR) is 127 cm³/mol. The van der Waals surface area contributed by atoms with Crippen LogP contribution in [0.1, 0.15) is 36.0 Å². The Labute approximate surface area is 200 Å². The number of fused-ring (bicyclic) bond motifs is 4. The summed E-state index contributed by atoms with van der Waals surface area (Å²) < 4.78 is 0. The van der Waals surface area contributed by atoms with Gasteiger partial charge in [-0.15, -0.1) is 24.8 Å². The number of hydrogen-bond donors (Lipinski definition) is 3. The molecule has 0 radical (unpaired) electrons. The van der Waals surface area contributed by atoms with Crippen LogP contribution in [0.4, 0.5) is 10.5 Å². The lowest BCUT2D eigenvalue weighted by Crippen LogP contribution is -2.65. The lowest BCUT2D eigenvalue weighted by Gasteiger charge is -2.55. The molecule has 4 atom stereocenters. The summed E-state index contributed by atoms with van der Waals surface area (Å²) in [5, 5.41) is 9.02. The van der Waals surface area contributed by atoms with Crippen molar-refractivity contribution in [2.75, 3.05) is 37.6 Å². The van der Waals surface area contributed by atoms with Crippen LogP contribution in [0.2, 0.25) is 0 Å². The van der Waals surface area contributed by atoms with Gasteiger partial charge in [0.15, 0.2) is 0 Å². The highest BCUT2D eigenvalue weighted by Crippen LogP contribution is 2.38. The fourth-order valence-electron chi connectivity index (χ4n) is 5.79. The van der Waals surface area contributed by atoms with E-state index in [1.165, 1.54) is 30.6 Å². The lowest BCUT2D eigenvalue weighted by molar-refractivity contribution is -0.117. The fraction of sp³-hybridized carbons (Fsp3) is 0.591. The van der Waals surface area contributed by atoms with Crippen molar-refractivity contribution in [3.05, 3.63) is 29.8 Å². The first kappa shape index (κ1) is 24.8. The number of halogens is 2. The molecular formula is C22H31Cl2N5O3. The molecule has 4 fully saturated rings. The van der Waals surface area contributed by atoms with Gasteiger partial charge in [-0.3, -0.25) is 24.7 Å². The number of piperidine rings is 3. The summed E-state index contributed by atoms with van der Waals surface area (Å²) in [7, 11) is 0. The summed E-state index contributed by atoms with van der Waals surface area (Å²) in [6.45, 7) is 3.98. The molecule has 4 aliphatic rings. The number of hydrogen-bond acceptors (Lipinski definition) is 5. The second-order valence-corrected chi connectivity index (χ2v) is 8.98. The van der Waals surface area contributed by atoms with E-state index in [4.69, 9.17) is 0 Å². The van der Waals surface area contributed by atoms with Crippen molar-refractivity contribution in [3.63, 3.8) is 0 Å². The second kappa shape index (κ2) is 10.4. The Morgan fingerprint density at radius 3 is 2.53 bits per heavy atom. The fourth-order valence-corrected chi connectivity index (χ4v) is 5.79. The van der Waals surface area contributed by atoms with Crippen LogP contribution in [0, 0.1) is 11.8 Å². The molecule has 32 heavy (non-hydrogen) atoms. The molecule has 1 aromatic rings. The Morgan fingerprint density at radius 2 is 1.81 bits per heavy atom. The van der Waals surface area contributed by atoms with Crippen LogP contribution in [0.5, 0.6) is 0 Å². The summed E-state index contributed by atoms with van der Waals surface area (Å²) in [4.78, 5) is 40.0. The number of urea groups is 1. The predicted octanol–water partition coefficient (Wildman–Crippen LogP) is 1.78. The molecule has 0 unspecified atom stereocenters. The van der Waals surface area contributed by atoms with E-state index >= 15 is 0 Å². The smallest absolute Gasteiger partial charge is 0.329 e. The van der Waals surface area contributed by atoms with Crippen molar-refractivity contribution in [1.29, 1.82) is 0 Å². The number of carbonyl (C=O) groups excluding carboxylic acids is 3. The molecule has 8 nitrogen and oxygen atoms in total. The number of carbonyl (C=O) groups is 3. The molecule has 4 amide bonds. The number of nitrogens with zero attached hydrogens (tertiary/aromatic N) is 2. The largest absolute Gasteiger partial charge is 0.350 e. The van der Waals surface area contributed by atoms with Crippen molar-refractivity contribution in [3.8, 4) is 0 Å². The molecule has 4 saturated heterocycles. The number of imide groups is 1. The molecule has 3 N–H and O–H groups in total. The number of anilines is 1. The van der Waals surface area contributed by atoms with Gasteiger partial charge in [0.25, 0.3) is 5.91 Å². The van der Waals surface area contributed by atoms with Gasteiger partial charge in [0, 0.05) is 29.9 Å². The van der Waals surface area contributed by atoms with Crippen LogP contribution < -0.4 is 20.9 Å². The van der Waals surface area contributed by atoms with Crippen LogP contribution >= 0.6 is 24.8 Å². The van der Waals surface area contributed by atoms with Gasteiger partial charge >= 0.3 is 6.03 Å². The molecule has 0 aliphatic carbocycles. The maximum absolute atomic E-state index is 12.8. The average molecular weight is 484 g/mol. The molecular weight excluding hydrogens is 453 g/mol. The van der Waals surface area contributed by atoms with Gasteiger partial charge in [0.05, 0.1) is 0 Å². The van der Waals surface area contributed by atoms with Gasteiger partial charge in [-0.1, -0.05) is 6.42 Å². The zero-order valence-electron chi connectivity index (χ0n) is 17.9. The topological polar surface area (TPSA) is 93.8 Å². The maximum atomic E-state index is 12.8. The molecule has 0 saturated carbocycles. The normalized spacial score (nSPS) is 29.3. The van der Waals surface area contributed by atoms with Crippen LogP contribution in [0.15, 0.2) is 24.3 Å². The first-order chi connectivity index (χ1) is 14.6. The van der Waals surface area contributed by atoms with Crippen molar-refractivity contribution in [1.82, 2.24) is 20.9 Å². The Balaban J connectivity index is 0.00000144. The van der Waals surface area contributed by atoms with Gasteiger partial charge in [-0.2, -0.15) is 0 Å². The van der Waals surface area contributed by atoms with Crippen LogP contribution in [0.25, 0.3) is 0 Å². The Kier molecular flexibility index (Phi) is 8.03. The minimum absolute atomic E-state index is 0. The summed E-state index contributed by atoms with van der Waals surface area (Å²) >= 11 is 0. The minimum Gasteiger partial charge on any atom is -0.350 e. The van der Waals surface area contributed by atoms with Crippen LogP contribution in [-0.4, -0.2) is 67.6 Å². The summed E-state index contributed by atoms with van der Waals surface area (Å²) in [6.07, 6.45) is 5.10. The van der Waals surface area contributed by atoms with E-state index in [-0.39, 0.29) is 43.2 Å². The number of amides is 4. The summed E-state index contributed by atoms with van der Waals surface area (Å²) in [5.74, 6) is 0.929. The third kappa shape index (κ3) is 4.73. The molecule has 176 valence electrons. The Bertz CT molecular complexity index is 852. The second-order valence-electron chi connectivity index (χ2n) is 8.98. The van der Waals surface area contributed by atoms with E-state index < -0.39 is 6.03 Å². The average Bonchev–Trinajstić information content (AvgIpc) is 3.12. The van der Waals surface area contributed by atoms with Crippen molar-refractivity contribution in [2.24, 2.45) is 11.8 Å². The number of nitrogens with one attached hydrogen (secondary N) is 3. The molecule has 0 spiro atoms. The molecule has 4 heterocycles. The lowest BCUT2D eigenvalue weighted by atomic mass is 9.73. The third-order valence-electron chi connectivity index (χ3n) is 7.23. The first-order valence-corrected chi connectivity index (χ1v) is 11.1.